The summed E-state index contributed by atoms with van der Waals surface area (Å²) in [5, 5.41) is 3.48. The number of anilines is 1. The maximum Gasteiger partial charge on any atom is 0.129 e. The summed E-state index contributed by atoms with van der Waals surface area (Å²) in [6.45, 7) is 8.66. The second kappa shape index (κ2) is 10.1. The van der Waals surface area contributed by atoms with Crippen LogP contribution >= 0.6 is 11.8 Å². The number of aromatic nitrogens is 1. The van der Waals surface area contributed by atoms with Gasteiger partial charge in [0, 0.05) is 25.3 Å². The average molecular weight is 310 g/mol. The molecule has 1 heterocycles. The normalized spacial score (nSPS) is 12.4. The minimum atomic E-state index is 0.522. The molecule has 3 nitrogen and oxygen atoms in total. The molecule has 0 saturated heterocycles. The molecule has 1 aromatic rings. The Morgan fingerprint density at radius 3 is 2.71 bits per heavy atom. The van der Waals surface area contributed by atoms with E-state index in [4.69, 9.17) is 4.98 Å². The van der Waals surface area contributed by atoms with Gasteiger partial charge < -0.3 is 10.2 Å². The van der Waals surface area contributed by atoms with Gasteiger partial charge >= 0.3 is 0 Å². The second-order valence-corrected chi connectivity index (χ2v) is 6.58. The van der Waals surface area contributed by atoms with Gasteiger partial charge in [-0.2, -0.15) is 11.8 Å². The fraction of sp³-hybridized carbons (Fsp3) is 0.706. The lowest BCUT2D eigenvalue weighted by molar-refractivity contribution is 0.654. The summed E-state index contributed by atoms with van der Waals surface area (Å²) >= 11 is 1.91. The van der Waals surface area contributed by atoms with Gasteiger partial charge in [0.15, 0.2) is 0 Å². The molecule has 0 fully saturated rings. The van der Waals surface area contributed by atoms with Crippen LogP contribution in [0.1, 0.15) is 44.9 Å². The van der Waals surface area contributed by atoms with Gasteiger partial charge in [0.1, 0.15) is 5.82 Å². The minimum Gasteiger partial charge on any atom is -0.357 e. The van der Waals surface area contributed by atoms with E-state index in [1.54, 1.807) is 0 Å². The lowest BCUT2D eigenvalue weighted by Gasteiger charge is -2.27. The van der Waals surface area contributed by atoms with E-state index in [1.165, 1.54) is 29.9 Å². The summed E-state index contributed by atoms with van der Waals surface area (Å²) in [5.41, 5.74) is 2.53. The van der Waals surface area contributed by atoms with E-state index >= 15 is 0 Å². The fourth-order valence-electron chi connectivity index (χ4n) is 2.21. The Morgan fingerprint density at radius 1 is 1.33 bits per heavy atom. The number of pyridine rings is 1. The zero-order valence-electron chi connectivity index (χ0n) is 14.3. The Balaban J connectivity index is 2.81. The van der Waals surface area contributed by atoms with E-state index < -0.39 is 0 Å². The highest BCUT2D eigenvalue weighted by Crippen LogP contribution is 2.18. The summed E-state index contributed by atoms with van der Waals surface area (Å²) < 4.78 is 0. The van der Waals surface area contributed by atoms with Gasteiger partial charge in [-0.25, -0.2) is 4.98 Å². The summed E-state index contributed by atoms with van der Waals surface area (Å²) in [5.74, 6) is 2.31. The van der Waals surface area contributed by atoms with E-state index in [2.05, 4.69) is 56.4 Å². The van der Waals surface area contributed by atoms with Gasteiger partial charge in [-0.1, -0.05) is 13.8 Å². The van der Waals surface area contributed by atoms with Crippen molar-refractivity contribution in [3.8, 4) is 0 Å². The molecule has 1 atom stereocenters. The van der Waals surface area contributed by atoms with Crippen LogP contribution in [0.3, 0.4) is 0 Å². The first-order valence-corrected chi connectivity index (χ1v) is 9.44. The number of hydrogen-bond acceptors (Lipinski definition) is 4. The van der Waals surface area contributed by atoms with E-state index in [1.807, 2.05) is 11.8 Å². The van der Waals surface area contributed by atoms with Crippen LogP contribution in [0.4, 0.5) is 5.82 Å². The van der Waals surface area contributed by atoms with Gasteiger partial charge in [0.2, 0.25) is 0 Å². The van der Waals surface area contributed by atoms with Crippen molar-refractivity contribution in [2.24, 2.45) is 0 Å². The molecule has 0 bridgehead atoms. The maximum atomic E-state index is 4.80. The average Bonchev–Trinajstić information content (AvgIpc) is 2.51. The zero-order valence-corrected chi connectivity index (χ0v) is 15.1. The molecular weight excluding hydrogens is 278 g/mol. The van der Waals surface area contributed by atoms with Crippen LogP contribution in [-0.2, 0) is 13.0 Å². The zero-order chi connectivity index (χ0) is 15.7. The highest BCUT2D eigenvalue weighted by atomic mass is 32.2. The van der Waals surface area contributed by atoms with Crippen molar-refractivity contribution < 1.29 is 0 Å². The quantitative estimate of drug-likeness (QED) is 0.667. The van der Waals surface area contributed by atoms with Crippen LogP contribution < -0.4 is 10.2 Å². The molecule has 0 aliphatic rings. The predicted molar refractivity (Wildman–Crippen MR) is 96.5 cm³/mol. The molecule has 1 unspecified atom stereocenters. The topological polar surface area (TPSA) is 28.2 Å². The molecule has 4 heteroatoms. The van der Waals surface area contributed by atoms with Gasteiger partial charge in [-0.05, 0) is 62.4 Å². The fourth-order valence-corrected chi connectivity index (χ4v) is 2.79. The molecule has 0 aromatic carbocycles. The van der Waals surface area contributed by atoms with Gasteiger partial charge in [-0.15, -0.1) is 0 Å². The standard InChI is InChI=1S/C17H31N3S/c1-6-9-18-13-15-11-16(7-2)19-17(12-15)20(4)14(3)8-10-21-5/h11-12,14,18H,6-10,13H2,1-5H3. The molecule has 0 radical (unpaired) electrons. The molecular formula is C17H31N3S. The van der Waals surface area contributed by atoms with E-state index in [0.717, 1.165) is 25.3 Å². The number of thioether (sulfide) groups is 1. The van der Waals surface area contributed by atoms with E-state index in [-0.39, 0.29) is 0 Å². The summed E-state index contributed by atoms with van der Waals surface area (Å²) in [6, 6.07) is 4.98. The molecule has 1 aromatic heterocycles. The van der Waals surface area contributed by atoms with Crippen molar-refractivity contribution in [3.63, 3.8) is 0 Å². The third-order valence-electron chi connectivity index (χ3n) is 3.81. The first kappa shape index (κ1) is 18.3. The first-order valence-electron chi connectivity index (χ1n) is 8.04. The van der Waals surface area contributed by atoms with Gasteiger partial charge in [-0.3, -0.25) is 0 Å². The van der Waals surface area contributed by atoms with Crippen LogP contribution in [0.25, 0.3) is 0 Å². The summed E-state index contributed by atoms with van der Waals surface area (Å²) in [7, 11) is 2.16. The molecule has 0 aliphatic heterocycles. The molecule has 1 rings (SSSR count). The molecule has 120 valence electrons. The number of nitrogens with zero attached hydrogens (tertiary/aromatic N) is 2. The Morgan fingerprint density at radius 2 is 2.10 bits per heavy atom. The van der Waals surface area contributed by atoms with Crippen molar-refractivity contribution in [1.82, 2.24) is 10.3 Å². The lowest BCUT2D eigenvalue weighted by Crippen LogP contribution is -2.30. The van der Waals surface area contributed by atoms with Crippen LogP contribution in [0.2, 0.25) is 0 Å². The van der Waals surface area contributed by atoms with Crippen LogP contribution in [0.15, 0.2) is 12.1 Å². The Hall–Kier alpha value is -0.740. The van der Waals surface area contributed by atoms with E-state index in [0.29, 0.717) is 6.04 Å². The monoisotopic (exact) mass is 309 g/mol. The van der Waals surface area contributed by atoms with Gasteiger partial charge in [0.25, 0.3) is 0 Å². The molecule has 0 amide bonds. The molecule has 21 heavy (non-hydrogen) atoms. The van der Waals surface area contributed by atoms with Crippen molar-refractivity contribution >= 4 is 17.6 Å². The first-order chi connectivity index (χ1) is 10.1. The molecule has 0 aliphatic carbocycles. The summed E-state index contributed by atoms with van der Waals surface area (Å²) in [6.07, 6.45) is 5.52. The molecule has 0 saturated carbocycles. The smallest absolute Gasteiger partial charge is 0.129 e. The molecule has 1 N–H and O–H groups in total. The van der Waals surface area contributed by atoms with Crippen molar-refractivity contribution in [1.29, 1.82) is 0 Å². The Kier molecular flexibility index (Phi) is 8.77. The SMILES string of the molecule is CCCNCc1cc(CC)nc(N(C)C(C)CCSC)c1. The Labute approximate surface area is 134 Å². The number of nitrogens with one attached hydrogen (secondary N) is 1. The number of hydrogen-bond donors (Lipinski definition) is 1. The van der Waals surface area contributed by atoms with Crippen LogP contribution in [0.5, 0.6) is 0 Å². The van der Waals surface area contributed by atoms with Crippen molar-refractivity contribution in [2.45, 2.75) is 52.6 Å². The van der Waals surface area contributed by atoms with Crippen molar-refractivity contribution in [2.75, 3.05) is 30.5 Å². The largest absolute Gasteiger partial charge is 0.357 e. The summed E-state index contributed by atoms with van der Waals surface area (Å²) in [4.78, 5) is 7.12. The number of aryl methyl sites for hydroxylation is 1. The van der Waals surface area contributed by atoms with E-state index in [9.17, 15) is 0 Å². The third-order valence-corrected chi connectivity index (χ3v) is 4.45. The Bertz CT molecular complexity index is 409. The van der Waals surface area contributed by atoms with Crippen LogP contribution in [-0.4, -0.2) is 36.6 Å². The number of rotatable bonds is 10. The van der Waals surface area contributed by atoms with Crippen molar-refractivity contribution in [3.05, 3.63) is 23.4 Å². The van der Waals surface area contributed by atoms with Gasteiger partial charge in [0.05, 0.1) is 0 Å². The second-order valence-electron chi connectivity index (χ2n) is 5.60. The minimum absolute atomic E-state index is 0.522. The highest BCUT2D eigenvalue weighted by molar-refractivity contribution is 7.98. The molecule has 0 spiro atoms. The maximum absolute atomic E-state index is 4.80. The third kappa shape index (κ3) is 6.27. The lowest BCUT2D eigenvalue weighted by atomic mass is 10.1. The predicted octanol–water partition coefficient (Wildman–Crippen LogP) is 3.72. The highest BCUT2D eigenvalue weighted by Gasteiger charge is 2.12. The van der Waals surface area contributed by atoms with Crippen LogP contribution in [0, 0.1) is 0 Å².